The molecule has 1 unspecified atom stereocenters. The largest absolute Gasteiger partial charge is 0.367 e. The van der Waals surface area contributed by atoms with Crippen molar-refractivity contribution < 1.29 is 14.4 Å². The van der Waals surface area contributed by atoms with Gasteiger partial charge in [0.05, 0.1) is 6.42 Å². The number of aromatic nitrogens is 1. The molecule has 0 spiro atoms. The van der Waals surface area contributed by atoms with Crippen LogP contribution in [0, 0.1) is 5.41 Å². The van der Waals surface area contributed by atoms with Gasteiger partial charge in [-0.05, 0) is 42.5 Å². The maximum absolute atomic E-state index is 12.6. The van der Waals surface area contributed by atoms with E-state index in [4.69, 9.17) is 5.41 Å². The number of nitrogens with one attached hydrogen (secondary N) is 3. The third kappa shape index (κ3) is 5.40. The zero-order valence-corrected chi connectivity index (χ0v) is 16.5. The van der Waals surface area contributed by atoms with Crippen molar-refractivity contribution in [2.75, 3.05) is 6.54 Å². The van der Waals surface area contributed by atoms with Crippen LogP contribution in [0.15, 0.2) is 42.7 Å². The van der Waals surface area contributed by atoms with E-state index in [1.54, 1.807) is 6.92 Å². The van der Waals surface area contributed by atoms with Crippen LogP contribution in [0.1, 0.15) is 38.2 Å². The van der Waals surface area contributed by atoms with Crippen molar-refractivity contribution >= 4 is 23.3 Å². The molecule has 0 bridgehead atoms. The van der Waals surface area contributed by atoms with Gasteiger partial charge in [0, 0.05) is 37.6 Å². The Morgan fingerprint density at radius 3 is 2.55 bits per heavy atom. The van der Waals surface area contributed by atoms with Gasteiger partial charge in [-0.1, -0.05) is 24.3 Å². The van der Waals surface area contributed by atoms with Crippen LogP contribution in [0.2, 0.25) is 0 Å². The first kappa shape index (κ1) is 20.5. The van der Waals surface area contributed by atoms with E-state index in [-0.39, 0.29) is 36.2 Å². The molecule has 3 N–H and O–H groups in total. The summed E-state index contributed by atoms with van der Waals surface area (Å²) in [7, 11) is 0. The predicted molar refractivity (Wildman–Crippen MR) is 110 cm³/mol. The summed E-state index contributed by atoms with van der Waals surface area (Å²) in [6, 6.07) is 9.42. The maximum Gasteiger partial charge on any atom is 0.243 e. The van der Waals surface area contributed by atoms with E-state index >= 15 is 0 Å². The minimum absolute atomic E-state index is 0.0187. The molecule has 1 aromatic carbocycles. The topological polar surface area (TPSA) is 106 Å². The molecule has 7 nitrogen and oxygen atoms in total. The summed E-state index contributed by atoms with van der Waals surface area (Å²) < 4.78 is 0. The monoisotopic (exact) mass is 394 g/mol. The van der Waals surface area contributed by atoms with Gasteiger partial charge in [-0.15, -0.1) is 0 Å². The lowest BCUT2D eigenvalue weighted by molar-refractivity contribution is -0.140. The first-order valence-electron chi connectivity index (χ1n) is 9.79. The second kappa shape index (κ2) is 9.32. The van der Waals surface area contributed by atoms with Crippen LogP contribution in [0.5, 0.6) is 0 Å². The van der Waals surface area contributed by atoms with Crippen molar-refractivity contribution in [1.29, 1.82) is 5.41 Å². The Kier molecular flexibility index (Phi) is 6.59. The molecule has 1 saturated heterocycles. The number of likely N-dealkylation sites (tertiary alicyclic amines) is 1. The van der Waals surface area contributed by atoms with Crippen LogP contribution in [0.4, 0.5) is 0 Å². The Morgan fingerprint density at radius 1 is 1.14 bits per heavy atom. The summed E-state index contributed by atoms with van der Waals surface area (Å²) in [5.41, 5.74) is 3.42. The standard InChI is InChI=1S/C22H26N4O3/c1-15(23)11-19(27)12-21(28)26-10-2-3-20(26)22(29)25-13-16-4-6-17(7-5-16)18-8-9-24-14-18/h4-9,14,20,23-24H,2-3,10-13H2,1H3,(H,25,29). The molecule has 2 aromatic rings. The minimum Gasteiger partial charge on any atom is -0.367 e. The molecule has 0 radical (unpaired) electrons. The highest BCUT2D eigenvalue weighted by molar-refractivity contribution is 6.07. The van der Waals surface area contributed by atoms with Crippen LogP contribution >= 0.6 is 0 Å². The smallest absolute Gasteiger partial charge is 0.243 e. The van der Waals surface area contributed by atoms with Gasteiger partial charge in [-0.3, -0.25) is 14.4 Å². The molecule has 2 heterocycles. The van der Waals surface area contributed by atoms with Crippen molar-refractivity contribution in [3.05, 3.63) is 48.3 Å². The molecule has 152 valence electrons. The summed E-state index contributed by atoms with van der Waals surface area (Å²) in [4.78, 5) is 41.4. The Bertz CT molecular complexity index is 887. The Hall–Kier alpha value is -3.22. The van der Waals surface area contributed by atoms with E-state index in [1.807, 2.05) is 42.7 Å². The summed E-state index contributed by atoms with van der Waals surface area (Å²) in [5.74, 6) is -0.804. The average Bonchev–Trinajstić information content (AvgIpc) is 3.37. The van der Waals surface area contributed by atoms with Gasteiger partial charge < -0.3 is 20.6 Å². The molecule has 2 amide bonds. The van der Waals surface area contributed by atoms with E-state index in [9.17, 15) is 14.4 Å². The first-order chi connectivity index (χ1) is 13.9. The number of aromatic amines is 1. The lowest BCUT2D eigenvalue weighted by Crippen LogP contribution is -2.46. The Labute approximate surface area is 170 Å². The molecule has 1 fully saturated rings. The highest BCUT2D eigenvalue weighted by Gasteiger charge is 2.34. The molecule has 0 aliphatic carbocycles. The number of nitrogens with zero attached hydrogens (tertiary/aromatic N) is 1. The SMILES string of the molecule is CC(=N)CC(=O)CC(=O)N1CCCC1C(=O)NCc1ccc(-c2cc[nH]c2)cc1. The average molecular weight is 394 g/mol. The number of hydrogen-bond donors (Lipinski definition) is 3. The molecular formula is C22H26N4O3. The number of hydrogen-bond acceptors (Lipinski definition) is 4. The van der Waals surface area contributed by atoms with Gasteiger partial charge in [0.2, 0.25) is 11.8 Å². The third-order valence-electron chi connectivity index (χ3n) is 5.04. The number of benzene rings is 1. The van der Waals surface area contributed by atoms with Crippen LogP contribution < -0.4 is 5.32 Å². The van der Waals surface area contributed by atoms with Crippen molar-refractivity contribution in [3.63, 3.8) is 0 Å². The van der Waals surface area contributed by atoms with E-state index in [2.05, 4.69) is 10.3 Å². The molecule has 1 aliphatic rings. The quantitative estimate of drug-likeness (QED) is 0.473. The Morgan fingerprint density at radius 2 is 1.90 bits per heavy atom. The van der Waals surface area contributed by atoms with Crippen molar-refractivity contribution in [3.8, 4) is 11.1 Å². The number of carbonyl (C=O) groups excluding carboxylic acids is 3. The zero-order chi connectivity index (χ0) is 20.8. The second-order valence-corrected chi connectivity index (χ2v) is 7.43. The minimum atomic E-state index is -0.532. The lowest BCUT2D eigenvalue weighted by Gasteiger charge is -2.24. The van der Waals surface area contributed by atoms with E-state index in [0.29, 0.717) is 19.5 Å². The van der Waals surface area contributed by atoms with Gasteiger partial charge in [-0.2, -0.15) is 0 Å². The summed E-state index contributed by atoms with van der Waals surface area (Å²) >= 11 is 0. The first-order valence-corrected chi connectivity index (χ1v) is 9.79. The molecule has 0 saturated carbocycles. The number of Topliss-reactive ketones (excluding diaryl/α,β-unsaturated/α-hetero) is 1. The molecule has 3 rings (SSSR count). The van der Waals surface area contributed by atoms with Gasteiger partial charge in [-0.25, -0.2) is 0 Å². The predicted octanol–water partition coefficient (Wildman–Crippen LogP) is 2.68. The van der Waals surface area contributed by atoms with Gasteiger partial charge in [0.1, 0.15) is 11.8 Å². The fourth-order valence-electron chi connectivity index (χ4n) is 3.59. The summed E-state index contributed by atoms with van der Waals surface area (Å²) in [6.45, 7) is 2.41. The number of amides is 2. The third-order valence-corrected chi connectivity index (χ3v) is 5.04. The highest BCUT2D eigenvalue weighted by atomic mass is 16.2. The lowest BCUT2D eigenvalue weighted by atomic mass is 10.1. The van der Waals surface area contributed by atoms with Crippen LogP contribution in [0.3, 0.4) is 0 Å². The van der Waals surface area contributed by atoms with Crippen molar-refractivity contribution in [1.82, 2.24) is 15.2 Å². The summed E-state index contributed by atoms with van der Waals surface area (Å²) in [5, 5.41) is 10.3. The van der Waals surface area contributed by atoms with E-state index < -0.39 is 6.04 Å². The number of rotatable bonds is 8. The normalized spacial score (nSPS) is 15.9. The number of carbonyl (C=O) groups is 3. The molecule has 7 heteroatoms. The van der Waals surface area contributed by atoms with Gasteiger partial charge in [0.25, 0.3) is 0 Å². The molecule has 29 heavy (non-hydrogen) atoms. The highest BCUT2D eigenvalue weighted by Crippen LogP contribution is 2.20. The van der Waals surface area contributed by atoms with Crippen LogP contribution in [0.25, 0.3) is 11.1 Å². The second-order valence-electron chi connectivity index (χ2n) is 7.43. The van der Waals surface area contributed by atoms with Crippen LogP contribution in [-0.4, -0.2) is 45.8 Å². The van der Waals surface area contributed by atoms with Gasteiger partial charge in [0.15, 0.2) is 0 Å². The zero-order valence-electron chi connectivity index (χ0n) is 16.5. The van der Waals surface area contributed by atoms with E-state index in [1.165, 1.54) is 4.90 Å². The fourth-order valence-corrected chi connectivity index (χ4v) is 3.59. The van der Waals surface area contributed by atoms with Crippen LogP contribution in [-0.2, 0) is 20.9 Å². The summed E-state index contributed by atoms with van der Waals surface area (Å²) in [6.07, 6.45) is 4.87. The van der Waals surface area contributed by atoms with Crippen molar-refractivity contribution in [2.24, 2.45) is 0 Å². The number of H-pyrrole nitrogens is 1. The van der Waals surface area contributed by atoms with E-state index in [0.717, 1.165) is 23.1 Å². The Balaban J connectivity index is 1.53. The molecule has 1 atom stereocenters. The van der Waals surface area contributed by atoms with Crippen molar-refractivity contribution in [2.45, 2.75) is 45.2 Å². The number of ketones is 1. The molecular weight excluding hydrogens is 368 g/mol. The fraction of sp³-hybridized carbons (Fsp3) is 0.364. The molecule has 1 aromatic heterocycles. The molecule has 1 aliphatic heterocycles. The maximum atomic E-state index is 12.6. The van der Waals surface area contributed by atoms with Gasteiger partial charge >= 0.3 is 0 Å².